The molecule has 0 spiro atoms. The fourth-order valence-electron chi connectivity index (χ4n) is 1.44. The van der Waals surface area contributed by atoms with Crippen LogP contribution in [-0.2, 0) is 6.54 Å². The van der Waals surface area contributed by atoms with Crippen LogP contribution in [0.25, 0.3) is 0 Å². The minimum atomic E-state index is -0.126. The van der Waals surface area contributed by atoms with Crippen LogP contribution < -0.4 is 5.56 Å². The summed E-state index contributed by atoms with van der Waals surface area (Å²) in [4.78, 5) is 20.2. The topological polar surface area (TPSA) is 47.8 Å². The molecule has 4 nitrogen and oxygen atoms in total. The Labute approximate surface area is 111 Å². The molecule has 0 aliphatic rings. The molecule has 0 saturated heterocycles. The number of halogens is 2. The van der Waals surface area contributed by atoms with Crippen LogP contribution in [0.4, 0.5) is 0 Å². The fourth-order valence-corrected chi connectivity index (χ4v) is 1.94. The van der Waals surface area contributed by atoms with E-state index in [-0.39, 0.29) is 5.56 Å². The number of aryl methyl sites for hydroxylation is 1. The predicted octanol–water partition coefficient (Wildman–Crippen LogP) is 2.41. The van der Waals surface area contributed by atoms with E-state index in [1.54, 1.807) is 23.6 Å². The molecule has 88 valence electrons. The number of pyridine rings is 1. The van der Waals surface area contributed by atoms with Crippen LogP contribution in [0, 0.1) is 6.92 Å². The Balaban J connectivity index is 2.43. The van der Waals surface area contributed by atoms with E-state index in [9.17, 15) is 4.79 Å². The average Bonchev–Trinajstić information content (AvgIpc) is 2.30. The van der Waals surface area contributed by atoms with Gasteiger partial charge in [-0.15, -0.1) is 0 Å². The highest BCUT2D eigenvalue weighted by atomic mass is 79.9. The molecule has 2 heterocycles. The molecule has 0 aliphatic heterocycles. The first-order chi connectivity index (χ1) is 8.08. The molecule has 0 N–H and O–H groups in total. The molecule has 0 atom stereocenters. The molecule has 0 bridgehead atoms. The van der Waals surface area contributed by atoms with Crippen LogP contribution in [0.15, 0.2) is 33.7 Å². The van der Waals surface area contributed by atoms with Crippen molar-refractivity contribution in [1.82, 2.24) is 14.5 Å². The molecule has 2 aromatic heterocycles. The zero-order valence-electron chi connectivity index (χ0n) is 9.02. The van der Waals surface area contributed by atoms with Crippen molar-refractivity contribution < 1.29 is 0 Å². The van der Waals surface area contributed by atoms with E-state index < -0.39 is 0 Å². The summed E-state index contributed by atoms with van der Waals surface area (Å²) in [6.45, 7) is 2.13. The third-order valence-corrected chi connectivity index (χ3v) is 3.05. The van der Waals surface area contributed by atoms with Crippen LogP contribution in [0.5, 0.6) is 0 Å². The van der Waals surface area contributed by atoms with Crippen LogP contribution in [0.2, 0.25) is 5.15 Å². The third kappa shape index (κ3) is 2.73. The molecule has 0 amide bonds. The predicted molar refractivity (Wildman–Crippen MR) is 69.3 cm³/mol. The van der Waals surface area contributed by atoms with E-state index in [0.717, 1.165) is 5.69 Å². The largest absolute Gasteiger partial charge is 0.290 e. The summed E-state index contributed by atoms with van der Waals surface area (Å²) in [5.74, 6) is 0.639. The lowest BCUT2D eigenvalue weighted by Gasteiger charge is -2.08. The molecule has 17 heavy (non-hydrogen) atoms. The first-order valence-corrected chi connectivity index (χ1v) is 6.08. The van der Waals surface area contributed by atoms with Gasteiger partial charge in [0, 0.05) is 6.20 Å². The van der Waals surface area contributed by atoms with Gasteiger partial charge in [-0.1, -0.05) is 17.7 Å². The molecule has 0 saturated carbocycles. The van der Waals surface area contributed by atoms with Gasteiger partial charge in [0.2, 0.25) is 0 Å². The van der Waals surface area contributed by atoms with Crippen molar-refractivity contribution in [3.05, 3.63) is 55.9 Å². The highest BCUT2D eigenvalue weighted by Crippen LogP contribution is 2.08. The molecule has 0 aliphatic carbocycles. The highest BCUT2D eigenvalue weighted by molar-refractivity contribution is 9.10. The lowest BCUT2D eigenvalue weighted by Crippen LogP contribution is -2.24. The van der Waals surface area contributed by atoms with E-state index in [2.05, 4.69) is 25.9 Å². The maximum atomic E-state index is 11.9. The van der Waals surface area contributed by atoms with Crippen LogP contribution in [0.3, 0.4) is 0 Å². The maximum Gasteiger partial charge on any atom is 0.268 e. The Kier molecular flexibility index (Phi) is 3.59. The summed E-state index contributed by atoms with van der Waals surface area (Å²) in [5.41, 5.74) is 0.599. The number of rotatable bonds is 2. The van der Waals surface area contributed by atoms with Gasteiger partial charge in [-0.3, -0.25) is 9.36 Å². The summed E-state index contributed by atoms with van der Waals surface area (Å²) < 4.78 is 1.98. The molecule has 0 fully saturated rings. The van der Waals surface area contributed by atoms with Crippen molar-refractivity contribution in [3.63, 3.8) is 0 Å². The highest BCUT2D eigenvalue weighted by Gasteiger charge is 2.06. The Morgan fingerprint density at radius 1 is 1.47 bits per heavy atom. The van der Waals surface area contributed by atoms with Gasteiger partial charge in [-0.2, -0.15) is 0 Å². The number of nitrogens with zero attached hydrogens (tertiary/aromatic N) is 3. The van der Waals surface area contributed by atoms with Crippen molar-refractivity contribution in [1.29, 1.82) is 0 Å². The second-order valence-electron chi connectivity index (χ2n) is 3.50. The lowest BCUT2D eigenvalue weighted by molar-refractivity contribution is 0.682. The van der Waals surface area contributed by atoms with Crippen molar-refractivity contribution in [2.45, 2.75) is 13.5 Å². The first kappa shape index (κ1) is 12.3. The van der Waals surface area contributed by atoms with Gasteiger partial charge < -0.3 is 0 Å². The summed E-state index contributed by atoms with van der Waals surface area (Å²) in [5, 5.41) is 0.413. The molecule has 2 rings (SSSR count). The van der Waals surface area contributed by atoms with Crippen molar-refractivity contribution in [2.75, 3.05) is 0 Å². The smallest absolute Gasteiger partial charge is 0.268 e. The summed E-state index contributed by atoms with van der Waals surface area (Å²) in [7, 11) is 0. The summed E-state index contributed by atoms with van der Waals surface area (Å²) in [6, 6.07) is 5.31. The molecule has 0 radical (unpaired) electrons. The van der Waals surface area contributed by atoms with Gasteiger partial charge in [-0.05, 0) is 35.0 Å². The Morgan fingerprint density at radius 2 is 2.24 bits per heavy atom. The van der Waals surface area contributed by atoms with Gasteiger partial charge >= 0.3 is 0 Å². The van der Waals surface area contributed by atoms with Gasteiger partial charge in [-0.25, -0.2) is 9.97 Å². The fraction of sp³-hybridized carbons (Fsp3) is 0.182. The SMILES string of the molecule is Cc1ncc(Br)c(=O)n1Cc1cccc(Cl)n1. The van der Waals surface area contributed by atoms with Crippen LogP contribution in [-0.4, -0.2) is 14.5 Å². The first-order valence-electron chi connectivity index (χ1n) is 4.91. The number of aromatic nitrogens is 3. The lowest BCUT2D eigenvalue weighted by atomic mass is 10.3. The van der Waals surface area contributed by atoms with Crippen molar-refractivity contribution in [3.8, 4) is 0 Å². The van der Waals surface area contributed by atoms with Crippen LogP contribution >= 0.6 is 27.5 Å². The molecule has 0 unspecified atom stereocenters. The Morgan fingerprint density at radius 3 is 2.94 bits per heavy atom. The standard InChI is InChI=1S/C11H9BrClN3O/c1-7-14-5-9(12)11(17)16(7)6-8-3-2-4-10(13)15-8/h2-5H,6H2,1H3. The second kappa shape index (κ2) is 4.98. The third-order valence-electron chi connectivity index (χ3n) is 2.30. The molecular formula is C11H9BrClN3O. The van der Waals surface area contributed by atoms with E-state index in [1.807, 2.05) is 6.07 Å². The second-order valence-corrected chi connectivity index (χ2v) is 4.74. The zero-order valence-corrected chi connectivity index (χ0v) is 11.4. The molecule has 6 heteroatoms. The minimum absolute atomic E-state index is 0.126. The number of hydrogen-bond donors (Lipinski definition) is 0. The van der Waals surface area contributed by atoms with E-state index in [1.165, 1.54) is 6.20 Å². The number of hydrogen-bond acceptors (Lipinski definition) is 3. The Hall–Kier alpha value is -1.20. The van der Waals surface area contributed by atoms with Gasteiger partial charge in [0.1, 0.15) is 15.5 Å². The van der Waals surface area contributed by atoms with E-state index in [0.29, 0.717) is 22.0 Å². The van der Waals surface area contributed by atoms with E-state index >= 15 is 0 Å². The van der Waals surface area contributed by atoms with Crippen molar-refractivity contribution in [2.24, 2.45) is 0 Å². The summed E-state index contributed by atoms with van der Waals surface area (Å²) >= 11 is 8.96. The Bertz CT molecular complexity index is 612. The van der Waals surface area contributed by atoms with Gasteiger partial charge in [0.25, 0.3) is 5.56 Å². The maximum absolute atomic E-state index is 11.9. The molecule has 2 aromatic rings. The average molecular weight is 315 g/mol. The van der Waals surface area contributed by atoms with Gasteiger partial charge in [0.05, 0.1) is 12.2 Å². The van der Waals surface area contributed by atoms with Gasteiger partial charge in [0.15, 0.2) is 0 Å². The summed E-state index contributed by atoms with van der Waals surface area (Å²) in [6.07, 6.45) is 1.50. The van der Waals surface area contributed by atoms with Crippen molar-refractivity contribution >= 4 is 27.5 Å². The monoisotopic (exact) mass is 313 g/mol. The quantitative estimate of drug-likeness (QED) is 0.800. The van der Waals surface area contributed by atoms with E-state index in [4.69, 9.17) is 11.6 Å². The zero-order chi connectivity index (χ0) is 12.4. The normalized spacial score (nSPS) is 10.5. The van der Waals surface area contributed by atoms with Crippen LogP contribution in [0.1, 0.15) is 11.5 Å². The molecule has 0 aromatic carbocycles. The minimum Gasteiger partial charge on any atom is -0.290 e. The molecular weight excluding hydrogens is 305 g/mol.